The number of carbonyl (C=O) groups is 3. The van der Waals surface area contributed by atoms with Gasteiger partial charge in [0.15, 0.2) is 0 Å². The van der Waals surface area contributed by atoms with Gasteiger partial charge in [0, 0.05) is 30.0 Å². The molecule has 1 fully saturated rings. The van der Waals surface area contributed by atoms with Gasteiger partial charge in [-0.3, -0.25) is 14.4 Å². The lowest BCUT2D eigenvalue weighted by atomic mass is 10.2. The van der Waals surface area contributed by atoms with E-state index < -0.39 is 11.8 Å². The summed E-state index contributed by atoms with van der Waals surface area (Å²) >= 11 is 0. The SMILES string of the molecule is Cc1ccccc1NC(=O)C(=O)Nc1cccc(N2CCCC2=O)c1. The van der Waals surface area contributed by atoms with Crippen LogP contribution in [-0.4, -0.2) is 24.3 Å². The van der Waals surface area contributed by atoms with Gasteiger partial charge in [0.05, 0.1) is 0 Å². The molecule has 1 heterocycles. The maximum atomic E-state index is 12.1. The average molecular weight is 337 g/mol. The van der Waals surface area contributed by atoms with E-state index in [1.54, 1.807) is 35.2 Å². The number of amides is 3. The Labute approximate surface area is 145 Å². The van der Waals surface area contributed by atoms with E-state index in [-0.39, 0.29) is 5.91 Å². The zero-order valence-corrected chi connectivity index (χ0v) is 13.9. The lowest BCUT2D eigenvalue weighted by molar-refractivity contribution is -0.133. The van der Waals surface area contributed by atoms with Gasteiger partial charge in [-0.25, -0.2) is 0 Å². The molecule has 0 bridgehead atoms. The van der Waals surface area contributed by atoms with Gasteiger partial charge in [-0.15, -0.1) is 0 Å². The van der Waals surface area contributed by atoms with Crippen LogP contribution in [0.5, 0.6) is 0 Å². The van der Waals surface area contributed by atoms with E-state index in [0.29, 0.717) is 24.3 Å². The van der Waals surface area contributed by atoms with E-state index in [1.165, 1.54) is 0 Å². The van der Waals surface area contributed by atoms with Gasteiger partial charge in [0.1, 0.15) is 0 Å². The summed E-state index contributed by atoms with van der Waals surface area (Å²) in [6, 6.07) is 14.2. The highest BCUT2D eigenvalue weighted by Crippen LogP contribution is 2.24. The minimum absolute atomic E-state index is 0.0702. The summed E-state index contributed by atoms with van der Waals surface area (Å²) in [7, 11) is 0. The van der Waals surface area contributed by atoms with Crippen molar-refractivity contribution in [1.82, 2.24) is 0 Å². The van der Waals surface area contributed by atoms with Crippen molar-refractivity contribution < 1.29 is 14.4 Å². The van der Waals surface area contributed by atoms with E-state index in [1.807, 2.05) is 25.1 Å². The molecule has 6 nitrogen and oxygen atoms in total. The summed E-state index contributed by atoms with van der Waals surface area (Å²) < 4.78 is 0. The third kappa shape index (κ3) is 3.85. The fourth-order valence-electron chi connectivity index (χ4n) is 2.75. The first-order valence-electron chi connectivity index (χ1n) is 8.13. The molecule has 0 atom stereocenters. The maximum Gasteiger partial charge on any atom is 0.314 e. The molecule has 6 heteroatoms. The molecule has 25 heavy (non-hydrogen) atoms. The molecule has 1 aliphatic rings. The maximum absolute atomic E-state index is 12.1. The highest BCUT2D eigenvalue weighted by atomic mass is 16.2. The number of nitrogens with zero attached hydrogens (tertiary/aromatic N) is 1. The predicted molar refractivity (Wildman–Crippen MR) is 96.5 cm³/mol. The highest BCUT2D eigenvalue weighted by molar-refractivity contribution is 6.43. The number of anilines is 3. The summed E-state index contributed by atoms with van der Waals surface area (Å²) in [6.45, 7) is 2.52. The third-order valence-corrected chi connectivity index (χ3v) is 4.09. The Morgan fingerprint density at radius 1 is 1.00 bits per heavy atom. The van der Waals surface area contributed by atoms with Crippen molar-refractivity contribution in [3.8, 4) is 0 Å². The van der Waals surface area contributed by atoms with Crippen LogP contribution >= 0.6 is 0 Å². The number of hydrogen-bond acceptors (Lipinski definition) is 3. The lowest BCUT2D eigenvalue weighted by Crippen LogP contribution is -2.29. The second-order valence-electron chi connectivity index (χ2n) is 5.92. The fourth-order valence-corrected chi connectivity index (χ4v) is 2.75. The van der Waals surface area contributed by atoms with Crippen molar-refractivity contribution in [3.05, 3.63) is 54.1 Å². The number of para-hydroxylation sites is 1. The van der Waals surface area contributed by atoms with E-state index in [2.05, 4.69) is 10.6 Å². The fraction of sp³-hybridized carbons (Fsp3) is 0.211. The first kappa shape index (κ1) is 16.7. The molecule has 0 radical (unpaired) electrons. The van der Waals surface area contributed by atoms with Crippen LogP contribution in [0.1, 0.15) is 18.4 Å². The Balaban J connectivity index is 1.67. The molecule has 1 saturated heterocycles. The monoisotopic (exact) mass is 337 g/mol. The van der Waals surface area contributed by atoms with Crippen LogP contribution < -0.4 is 15.5 Å². The van der Waals surface area contributed by atoms with Gasteiger partial charge < -0.3 is 15.5 Å². The average Bonchev–Trinajstić information content (AvgIpc) is 3.03. The van der Waals surface area contributed by atoms with Gasteiger partial charge in [0.25, 0.3) is 0 Å². The summed E-state index contributed by atoms with van der Waals surface area (Å²) in [5, 5.41) is 5.16. The number of carbonyl (C=O) groups excluding carboxylic acids is 3. The standard InChI is InChI=1S/C19H19N3O3/c1-13-6-2-3-9-16(13)21-19(25)18(24)20-14-7-4-8-15(12-14)22-11-5-10-17(22)23/h2-4,6-9,12H,5,10-11H2,1H3,(H,20,24)(H,21,25). The number of hydrogen-bond donors (Lipinski definition) is 2. The van der Waals surface area contributed by atoms with Crippen LogP contribution in [0.3, 0.4) is 0 Å². The molecule has 0 spiro atoms. The molecule has 128 valence electrons. The van der Waals surface area contributed by atoms with Gasteiger partial charge in [0.2, 0.25) is 5.91 Å². The molecule has 2 aromatic rings. The van der Waals surface area contributed by atoms with Gasteiger partial charge >= 0.3 is 11.8 Å². The van der Waals surface area contributed by atoms with Crippen LogP contribution in [0.4, 0.5) is 17.1 Å². The van der Waals surface area contributed by atoms with Crippen LogP contribution in [0, 0.1) is 6.92 Å². The number of nitrogens with one attached hydrogen (secondary N) is 2. The van der Waals surface area contributed by atoms with Crippen molar-refractivity contribution in [2.24, 2.45) is 0 Å². The topological polar surface area (TPSA) is 78.5 Å². The van der Waals surface area contributed by atoms with Crippen molar-refractivity contribution in [1.29, 1.82) is 0 Å². The Morgan fingerprint density at radius 3 is 2.48 bits per heavy atom. The number of rotatable bonds is 3. The van der Waals surface area contributed by atoms with E-state index in [0.717, 1.165) is 17.7 Å². The normalized spacial score (nSPS) is 13.6. The first-order valence-corrected chi connectivity index (χ1v) is 8.13. The zero-order valence-electron chi connectivity index (χ0n) is 13.9. The Kier molecular flexibility index (Phi) is 4.79. The van der Waals surface area contributed by atoms with Gasteiger partial charge in [-0.1, -0.05) is 24.3 Å². The second kappa shape index (κ2) is 7.17. The molecule has 0 aliphatic carbocycles. The summed E-state index contributed by atoms with van der Waals surface area (Å²) in [5.74, 6) is -1.43. The molecule has 2 N–H and O–H groups in total. The van der Waals surface area contributed by atoms with Crippen LogP contribution in [-0.2, 0) is 14.4 Å². The molecule has 0 aromatic heterocycles. The Bertz CT molecular complexity index is 832. The lowest BCUT2D eigenvalue weighted by Gasteiger charge is -2.16. The van der Waals surface area contributed by atoms with Crippen molar-refractivity contribution in [2.75, 3.05) is 22.1 Å². The number of aryl methyl sites for hydroxylation is 1. The molecule has 1 aliphatic heterocycles. The summed E-state index contributed by atoms with van der Waals surface area (Å²) in [6.07, 6.45) is 1.36. The second-order valence-corrected chi connectivity index (χ2v) is 5.92. The van der Waals surface area contributed by atoms with Crippen molar-refractivity contribution in [2.45, 2.75) is 19.8 Å². The van der Waals surface area contributed by atoms with Gasteiger partial charge in [-0.2, -0.15) is 0 Å². The summed E-state index contributed by atoms with van der Waals surface area (Å²) in [5.41, 5.74) is 2.67. The largest absolute Gasteiger partial charge is 0.318 e. The highest BCUT2D eigenvalue weighted by Gasteiger charge is 2.22. The molecule has 3 amide bonds. The van der Waals surface area contributed by atoms with Crippen molar-refractivity contribution >= 4 is 34.8 Å². The Hall–Kier alpha value is -3.15. The van der Waals surface area contributed by atoms with E-state index >= 15 is 0 Å². The minimum atomic E-state index is -0.756. The molecule has 3 rings (SSSR count). The first-order chi connectivity index (χ1) is 12.0. The summed E-state index contributed by atoms with van der Waals surface area (Å²) in [4.78, 5) is 37.7. The van der Waals surface area contributed by atoms with Crippen molar-refractivity contribution in [3.63, 3.8) is 0 Å². The third-order valence-electron chi connectivity index (χ3n) is 4.09. The molecule has 2 aromatic carbocycles. The van der Waals surface area contributed by atoms with E-state index in [9.17, 15) is 14.4 Å². The molecular formula is C19H19N3O3. The Morgan fingerprint density at radius 2 is 1.76 bits per heavy atom. The van der Waals surface area contributed by atoms with Crippen LogP contribution in [0.25, 0.3) is 0 Å². The van der Waals surface area contributed by atoms with Crippen LogP contribution in [0.2, 0.25) is 0 Å². The molecular weight excluding hydrogens is 318 g/mol. The molecule has 0 unspecified atom stereocenters. The van der Waals surface area contributed by atoms with Crippen LogP contribution in [0.15, 0.2) is 48.5 Å². The van der Waals surface area contributed by atoms with E-state index in [4.69, 9.17) is 0 Å². The molecule has 0 saturated carbocycles. The van der Waals surface area contributed by atoms with Gasteiger partial charge in [-0.05, 0) is 43.2 Å². The minimum Gasteiger partial charge on any atom is -0.318 e. The quantitative estimate of drug-likeness (QED) is 0.845. The smallest absolute Gasteiger partial charge is 0.314 e. The predicted octanol–water partition coefficient (Wildman–Crippen LogP) is 2.70. The zero-order chi connectivity index (χ0) is 17.8. The number of benzene rings is 2.